The predicted molar refractivity (Wildman–Crippen MR) is 119 cm³/mol. The molecule has 1 aliphatic rings. The molecule has 2 N–H and O–H groups in total. The van der Waals surface area contributed by atoms with Crippen LogP contribution in [0.25, 0.3) is 0 Å². The summed E-state index contributed by atoms with van der Waals surface area (Å²) in [6.45, 7) is 2.07. The van der Waals surface area contributed by atoms with Gasteiger partial charge in [-0.05, 0) is 55.2 Å². The van der Waals surface area contributed by atoms with Crippen LogP contribution in [0.3, 0.4) is 0 Å². The Kier molecular flexibility index (Phi) is 5.81. The van der Waals surface area contributed by atoms with Gasteiger partial charge in [0.1, 0.15) is 5.75 Å². The van der Waals surface area contributed by atoms with Gasteiger partial charge in [0.2, 0.25) is 5.91 Å². The number of thiazole rings is 1. The lowest BCUT2D eigenvalue weighted by atomic mass is 10.1. The van der Waals surface area contributed by atoms with E-state index in [-0.39, 0.29) is 17.7 Å². The van der Waals surface area contributed by atoms with Crippen molar-refractivity contribution in [2.75, 3.05) is 17.7 Å². The summed E-state index contributed by atoms with van der Waals surface area (Å²) < 4.78 is 5.12. The molecule has 1 aromatic heterocycles. The topological polar surface area (TPSA) is 80.3 Å². The maximum absolute atomic E-state index is 12.9. The second-order valence-electron chi connectivity index (χ2n) is 7.10. The number of benzene rings is 2. The van der Waals surface area contributed by atoms with E-state index in [9.17, 15) is 9.59 Å². The number of rotatable bonds is 6. The Morgan fingerprint density at radius 1 is 1.13 bits per heavy atom. The zero-order valence-electron chi connectivity index (χ0n) is 16.9. The van der Waals surface area contributed by atoms with Crippen molar-refractivity contribution >= 4 is 34.0 Å². The predicted octanol–water partition coefficient (Wildman–Crippen LogP) is 4.63. The highest BCUT2D eigenvalue weighted by Crippen LogP contribution is 2.39. The molecule has 7 heteroatoms. The molecule has 1 heterocycles. The Balaban J connectivity index is 1.46. The first-order valence-electron chi connectivity index (χ1n) is 9.92. The number of ether oxygens (including phenoxy) is 1. The van der Waals surface area contributed by atoms with Crippen LogP contribution in [-0.2, 0) is 17.6 Å². The standard InChI is InChI=1S/C23H23N3O3S/c1-3-14-6-4-5-7-18(14)24-22(28)17-12-13-19-20(17)25-23(30-19)26-21(27)15-8-10-16(29-2)11-9-15/h4-11,17H,3,12-13H2,1-2H3,(H,24,28)(H,25,26,27). The molecular formula is C23H23N3O3S. The lowest BCUT2D eigenvalue weighted by molar-refractivity contribution is -0.117. The van der Waals surface area contributed by atoms with Crippen molar-refractivity contribution in [2.24, 2.45) is 0 Å². The van der Waals surface area contributed by atoms with Gasteiger partial charge in [0, 0.05) is 16.1 Å². The van der Waals surface area contributed by atoms with Gasteiger partial charge >= 0.3 is 0 Å². The van der Waals surface area contributed by atoms with Gasteiger partial charge in [-0.25, -0.2) is 4.98 Å². The normalized spacial score (nSPS) is 14.8. The van der Waals surface area contributed by atoms with Crippen LogP contribution in [0.5, 0.6) is 5.75 Å². The maximum atomic E-state index is 12.9. The van der Waals surface area contributed by atoms with Gasteiger partial charge in [-0.1, -0.05) is 25.1 Å². The van der Waals surface area contributed by atoms with E-state index in [1.54, 1.807) is 31.4 Å². The third-order valence-electron chi connectivity index (χ3n) is 5.26. The number of methoxy groups -OCH3 is 1. The van der Waals surface area contributed by atoms with E-state index in [0.717, 1.165) is 41.1 Å². The number of fused-ring (bicyclic) bond motifs is 1. The third-order valence-corrected chi connectivity index (χ3v) is 6.31. The highest BCUT2D eigenvalue weighted by atomic mass is 32.1. The summed E-state index contributed by atoms with van der Waals surface area (Å²) in [7, 11) is 1.58. The van der Waals surface area contributed by atoms with Gasteiger partial charge in [-0.15, -0.1) is 11.3 Å². The van der Waals surface area contributed by atoms with Crippen molar-refractivity contribution in [2.45, 2.75) is 32.1 Å². The van der Waals surface area contributed by atoms with E-state index in [1.807, 2.05) is 24.3 Å². The fourth-order valence-electron chi connectivity index (χ4n) is 3.62. The molecule has 0 saturated heterocycles. The fraction of sp³-hybridized carbons (Fsp3) is 0.261. The number of para-hydroxylation sites is 1. The Bertz CT molecular complexity index is 1080. The van der Waals surface area contributed by atoms with E-state index in [4.69, 9.17) is 4.74 Å². The van der Waals surface area contributed by atoms with Crippen molar-refractivity contribution < 1.29 is 14.3 Å². The summed E-state index contributed by atoms with van der Waals surface area (Å²) >= 11 is 1.44. The zero-order chi connectivity index (χ0) is 21.1. The summed E-state index contributed by atoms with van der Waals surface area (Å²) in [4.78, 5) is 31.1. The summed E-state index contributed by atoms with van der Waals surface area (Å²) in [6, 6.07) is 14.7. The number of hydrogen-bond acceptors (Lipinski definition) is 5. The summed E-state index contributed by atoms with van der Waals surface area (Å²) in [6.07, 6.45) is 2.38. The molecule has 6 nitrogen and oxygen atoms in total. The second-order valence-corrected chi connectivity index (χ2v) is 8.18. The van der Waals surface area contributed by atoms with Gasteiger partial charge in [-0.2, -0.15) is 0 Å². The molecule has 1 unspecified atom stereocenters. The summed E-state index contributed by atoms with van der Waals surface area (Å²) in [5.41, 5.74) is 3.25. The molecule has 1 atom stereocenters. The smallest absolute Gasteiger partial charge is 0.257 e. The van der Waals surface area contributed by atoms with Gasteiger partial charge in [0.15, 0.2) is 5.13 Å². The number of carbonyl (C=O) groups excluding carboxylic acids is 2. The number of anilines is 2. The monoisotopic (exact) mass is 421 g/mol. The Labute approximate surface area is 179 Å². The molecule has 0 radical (unpaired) electrons. The Morgan fingerprint density at radius 3 is 2.63 bits per heavy atom. The molecular weight excluding hydrogens is 398 g/mol. The second kappa shape index (κ2) is 8.67. The molecule has 0 spiro atoms. The molecule has 0 aliphatic heterocycles. The van der Waals surface area contributed by atoms with E-state index in [2.05, 4.69) is 22.5 Å². The van der Waals surface area contributed by atoms with Crippen LogP contribution in [0, 0.1) is 0 Å². The van der Waals surface area contributed by atoms with Crippen molar-refractivity contribution in [1.29, 1.82) is 0 Å². The van der Waals surface area contributed by atoms with Crippen LogP contribution in [0.2, 0.25) is 0 Å². The summed E-state index contributed by atoms with van der Waals surface area (Å²) in [5.74, 6) is 0.113. The van der Waals surface area contributed by atoms with Crippen LogP contribution < -0.4 is 15.4 Å². The highest BCUT2D eigenvalue weighted by Gasteiger charge is 2.33. The van der Waals surface area contributed by atoms with Gasteiger partial charge in [0.25, 0.3) is 5.91 Å². The van der Waals surface area contributed by atoms with Gasteiger partial charge in [0.05, 0.1) is 18.7 Å². The molecule has 154 valence electrons. The quantitative estimate of drug-likeness (QED) is 0.608. The summed E-state index contributed by atoms with van der Waals surface area (Å²) in [5, 5.41) is 6.43. The van der Waals surface area contributed by atoms with Gasteiger partial charge < -0.3 is 10.1 Å². The van der Waals surface area contributed by atoms with Crippen molar-refractivity contribution in [3.63, 3.8) is 0 Å². The van der Waals surface area contributed by atoms with Crippen LogP contribution in [0.15, 0.2) is 48.5 Å². The molecule has 2 amide bonds. The van der Waals surface area contributed by atoms with Crippen LogP contribution in [0.1, 0.15) is 45.8 Å². The lowest BCUT2D eigenvalue weighted by Crippen LogP contribution is -2.20. The molecule has 0 saturated carbocycles. The number of aryl methyl sites for hydroxylation is 2. The largest absolute Gasteiger partial charge is 0.497 e. The van der Waals surface area contributed by atoms with E-state index in [0.29, 0.717) is 16.4 Å². The number of hydrogen-bond donors (Lipinski definition) is 2. The lowest BCUT2D eigenvalue weighted by Gasteiger charge is -2.13. The van der Waals surface area contributed by atoms with Crippen molar-refractivity contribution in [1.82, 2.24) is 4.98 Å². The minimum Gasteiger partial charge on any atom is -0.497 e. The molecule has 0 fully saturated rings. The number of nitrogens with zero attached hydrogens (tertiary/aromatic N) is 1. The van der Waals surface area contributed by atoms with Gasteiger partial charge in [-0.3, -0.25) is 14.9 Å². The minimum absolute atomic E-state index is 0.0482. The molecule has 4 rings (SSSR count). The fourth-order valence-corrected chi connectivity index (χ4v) is 4.65. The maximum Gasteiger partial charge on any atom is 0.257 e. The molecule has 30 heavy (non-hydrogen) atoms. The number of nitrogens with one attached hydrogen (secondary N) is 2. The number of amides is 2. The van der Waals surface area contributed by atoms with Crippen molar-refractivity contribution in [3.8, 4) is 5.75 Å². The molecule has 1 aliphatic carbocycles. The van der Waals surface area contributed by atoms with E-state index in [1.165, 1.54) is 11.3 Å². The van der Waals surface area contributed by atoms with Crippen LogP contribution in [0.4, 0.5) is 10.8 Å². The Morgan fingerprint density at radius 2 is 1.90 bits per heavy atom. The average molecular weight is 422 g/mol. The van der Waals surface area contributed by atoms with E-state index >= 15 is 0 Å². The molecule has 3 aromatic rings. The Hall–Kier alpha value is -3.19. The zero-order valence-corrected chi connectivity index (χ0v) is 17.7. The van der Waals surface area contributed by atoms with E-state index < -0.39 is 0 Å². The SMILES string of the molecule is CCc1ccccc1NC(=O)C1CCc2sc(NC(=O)c3ccc(OC)cc3)nc21. The first kappa shape index (κ1) is 20.1. The highest BCUT2D eigenvalue weighted by molar-refractivity contribution is 7.16. The average Bonchev–Trinajstić information content (AvgIpc) is 3.34. The number of aromatic nitrogens is 1. The first-order chi connectivity index (χ1) is 14.6. The first-order valence-corrected chi connectivity index (χ1v) is 10.7. The van der Waals surface area contributed by atoms with Crippen LogP contribution >= 0.6 is 11.3 Å². The molecule has 2 aromatic carbocycles. The number of carbonyl (C=O) groups is 2. The van der Waals surface area contributed by atoms with Crippen LogP contribution in [-0.4, -0.2) is 23.9 Å². The van der Waals surface area contributed by atoms with Crippen molar-refractivity contribution in [3.05, 3.63) is 70.2 Å². The third kappa shape index (κ3) is 4.07. The minimum atomic E-state index is -0.298. The molecule has 0 bridgehead atoms.